The lowest BCUT2D eigenvalue weighted by atomic mass is 10.0. The van der Waals surface area contributed by atoms with E-state index in [4.69, 9.17) is 0 Å². The zero-order valence-corrected chi connectivity index (χ0v) is 13.1. The first-order valence-corrected chi connectivity index (χ1v) is 7.63. The summed E-state index contributed by atoms with van der Waals surface area (Å²) < 4.78 is 1.68. The summed E-state index contributed by atoms with van der Waals surface area (Å²) in [6, 6.07) is 9.55. The molecule has 1 unspecified atom stereocenters. The lowest BCUT2D eigenvalue weighted by molar-refractivity contribution is -0.118. The molecule has 1 aromatic heterocycles. The average molecular weight is 301 g/mol. The molecule has 1 atom stereocenters. The minimum absolute atomic E-state index is 0.0655. The molecule has 22 heavy (non-hydrogen) atoms. The van der Waals surface area contributed by atoms with Gasteiger partial charge in [0, 0.05) is 26.2 Å². The Labute approximate surface area is 131 Å². The molecule has 0 saturated heterocycles. The van der Waals surface area contributed by atoms with Crippen molar-refractivity contribution in [1.29, 1.82) is 0 Å². The molecule has 1 amide bonds. The molecule has 0 bridgehead atoms. The van der Waals surface area contributed by atoms with Crippen LogP contribution in [0.3, 0.4) is 0 Å². The summed E-state index contributed by atoms with van der Waals surface area (Å²) in [7, 11) is 1.83. The minimum atomic E-state index is -0.512. The molecule has 0 saturated carbocycles. The zero-order valence-electron chi connectivity index (χ0n) is 13.1. The number of anilines is 1. The number of aromatic nitrogens is 2. The van der Waals surface area contributed by atoms with E-state index >= 15 is 0 Å². The van der Waals surface area contributed by atoms with Crippen LogP contribution in [0.25, 0.3) is 0 Å². The summed E-state index contributed by atoms with van der Waals surface area (Å²) in [6.07, 6.45) is 4.68. The van der Waals surface area contributed by atoms with Gasteiger partial charge in [-0.15, -0.1) is 0 Å². The van der Waals surface area contributed by atoms with Crippen molar-refractivity contribution in [2.45, 2.75) is 32.3 Å². The second-order valence-corrected chi connectivity index (χ2v) is 5.33. The van der Waals surface area contributed by atoms with E-state index in [1.54, 1.807) is 15.8 Å². The van der Waals surface area contributed by atoms with E-state index in [1.165, 1.54) is 0 Å². The van der Waals surface area contributed by atoms with Gasteiger partial charge < -0.3 is 10.0 Å². The summed E-state index contributed by atoms with van der Waals surface area (Å²) in [5, 5.41) is 14.2. The van der Waals surface area contributed by atoms with Gasteiger partial charge in [0.15, 0.2) is 0 Å². The van der Waals surface area contributed by atoms with Crippen molar-refractivity contribution in [1.82, 2.24) is 9.78 Å². The molecular weight excluding hydrogens is 278 g/mol. The van der Waals surface area contributed by atoms with E-state index in [9.17, 15) is 9.90 Å². The molecule has 0 radical (unpaired) electrons. The van der Waals surface area contributed by atoms with Crippen LogP contribution >= 0.6 is 0 Å². The van der Waals surface area contributed by atoms with Crippen molar-refractivity contribution in [3.05, 3.63) is 48.3 Å². The molecule has 0 aliphatic carbocycles. The number of aliphatic hydroxyl groups is 1. The van der Waals surface area contributed by atoms with Crippen molar-refractivity contribution < 1.29 is 9.90 Å². The number of hydrogen-bond donors (Lipinski definition) is 1. The molecular formula is C17H23N3O2. The van der Waals surface area contributed by atoms with E-state index in [1.807, 2.05) is 50.5 Å². The highest BCUT2D eigenvalue weighted by Gasteiger charge is 2.16. The van der Waals surface area contributed by atoms with Gasteiger partial charge in [-0.2, -0.15) is 5.10 Å². The maximum absolute atomic E-state index is 12.3. The van der Waals surface area contributed by atoms with Crippen LogP contribution in [-0.2, 0) is 11.8 Å². The number of aryl methyl sites for hydroxylation is 1. The van der Waals surface area contributed by atoms with E-state index in [-0.39, 0.29) is 5.91 Å². The number of amides is 1. The van der Waals surface area contributed by atoms with Gasteiger partial charge in [0.05, 0.1) is 18.0 Å². The van der Waals surface area contributed by atoms with Gasteiger partial charge in [-0.1, -0.05) is 30.3 Å². The highest BCUT2D eigenvalue weighted by atomic mass is 16.3. The molecule has 5 nitrogen and oxygen atoms in total. The third-order valence-corrected chi connectivity index (χ3v) is 3.67. The number of rotatable bonds is 7. The van der Waals surface area contributed by atoms with Gasteiger partial charge in [0.2, 0.25) is 5.91 Å². The molecule has 2 rings (SSSR count). The van der Waals surface area contributed by atoms with Crippen LogP contribution in [0.2, 0.25) is 0 Å². The van der Waals surface area contributed by atoms with Crippen molar-refractivity contribution in [2.24, 2.45) is 7.05 Å². The van der Waals surface area contributed by atoms with Gasteiger partial charge in [0.25, 0.3) is 0 Å². The fraction of sp³-hybridized carbons (Fsp3) is 0.412. The molecule has 1 heterocycles. The molecule has 0 fully saturated rings. The third kappa shape index (κ3) is 4.18. The van der Waals surface area contributed by atoms with Crippen LogP contribution in [-0.4, -0.2) is 27.3 Å². The fourth-order valence-electron chi connectivity index (χ4n) is 2.47. The summed E-state index contributed by atoms with van der Waals surface area (Å²) in [6.45, 7) is 2.56. The predicted octanol–water partition coefficient (Wildman–Crippen LogP) is 2.68. The third-order valence-electron chi connectivity index (χ3n) is 3.67. The molecule has 0 aliphatic heterocycles. The molecule has 2 aromatic rings. The molecule has 0 spiro atoms. The summed E-state index contributed by atoms with van der Waals surface area (Å²) >= 11 is 0. The fourth-order valence-corrected chi connectivity index (χ4v) is 2.47. The molecule has 1 aromatic carbocycles. The lowest BCUT2D eigenvalue weighted by Gasteiger charge is -2.19. The van der Waals surface area contributed by atoms with E-state index < -0.39 is 6.10 Å². The standard InChI is InChI=1S/C17H23N3O2/c1-3-20(15-12-18-19(2)13-15)17(22)11-7-10-16(21)14-8-5-4-6-9-14/h4-6,8-9,12-13,16,21H,3,7,10-11H2,1-2H3. The average Bonchev–Trinajstić information content (AvgIpc) is 2.95. The van der Waals surface area contributed by atoms with Crippen LogP contribution in [0, 0.1) is 0 Å². The summed E-state index contributed by atoms with van der Waals surface area (Å²) in [4.78, 5) is 14.0. The van der Waals surface area contributed by atoms with Gasteiger partial charge in [-0.3, -0.25) is 9.48 Å². The van der Waals surface area contributed by atoms with Crippen LogP contribution in [0.4, 0.5) is 5.69 Å². The van der Waals surface area contributed by atoms with Crippen LogP contribution in [0.5, 0.6) is 0 Å². The smallest absolute Gasteiger partial charge is 0.227 e. The normalized spacial score (nSPS) is 12.1. The summed E-state index contributed by atoms with van der Waals surface area (Å²) in [5.41, 5.74) is 1.72. The quantitative estimate of drug-likeness (QED) is 0.855. The summed E-state index contributed by atoms with van der Waals surface area (Å²) in [5.74, 6) is 0.0655. The van der Waals surface area contributed by atoms with Gasteiger partial charge >= 0.3 is 0 Å². The monoisotopic (exact) mass is 301 g/mol. The Kier molecular flexibility index (Phi) is 5.72. The Balaban J connectivity index is 1.84. The van der Waals surface area contributed by atoms with Crippen molar-refractivity contribution in [3.63, 3.8) is 0 Å². The Morgan fingerprint density at radius 3 is 2.68 bits per heavy atom. The maximum Gasteiger partial charge on any atom is 0.227 e. The first kappa shape index (κ1) is 16.2. The highest BCUT2D eigenvalue weighted by molar-refractivity contribution is 5.92. The molecule has 1 N–H and O–H groups in total. The van der Waals surface area contributed by atoms with Crippen molar-refractivity contribution in [3.8, 4) is 0 Å². The van der Waals surface area contributed by atoms with Crippen molar-refractivity contribution >= 4 is 11.6 Å². The Hall–Kier alpha value is -2.14. The van der Waals surface area contributed by atoms with Crippen molar-refractivity contribution in [2.75, 3.05) is 11.4 Å². The largest absolute Gasteiger partial charge is 0.388 e. The number of carbonyl (C=O) groups is 1. The first-order chi connectivity index (χ1) is 10.6. The minimum Gasteiger partial charge on any atom is -0.388 e. The van der Waals surface area contributed by atoms with Crippen LogP contribution in [0.1, 0.15) is 37.9 Å². The second kappa shape index (κ2) is 7.75. The van der Waals surface area contributed by atoms with Crippen LogP contribution in [0.15, 0.2) is 42.7 Å². The lowest BCUT2D eigenvalue weighted by Crippen LogP contribution is -2.30. The van der Waals surface area contributed by atoms with E-state index in [0.717, 1.165) is 11.3 Å². The second-order valence-electron chi connectivity index (χ2n) is 5.33. The number of hydrogen-bond acceptors (Lipinski definition) is 3. The number of carbonyl (C=O) groups excluding carboxylic acids is 1. The number of benzene rings is 1. The van der Waals surface area contributed by atoms with E-state index in [2.05, 4.69) is 5.10 Å². The van der Waals surface area contributed by atoms with Gasteiger partial charge in [0.1, 0.15) is 0 Å². The first-order valence-electron chi connectivity index (χ1n) is 7.63. The van der Waals surface area contributed by atoms with Crippen LogP contribution < -0.4 is 4.90 Å². The maximum atomic E-state index is 12.3. The Morgan fingerprint density at radius 1 is 1.36 bits per heavy atom. The Bertz CT molecular complexity index is 595. The number of nitrogens with zero attached hydrogens (tertiary/aromatic N) is 3. The molecule has 118 valence electrons. The zero-order chi connectivity index (χ0) is 15.9. The van der Waals surface area contributed by atoms with E-state index in [0.29, 0.717) is 25.8 Å². The Morgan fingerprint density at radius 2 is 2.09 bits per heavy atom. The molecule has 5 heteroatoms. The van der Waals surface area contributed by atoms with Gasteiger partial charge in [-0.25, -0.2) is 0 Å². The number of aliphatic hydroxyl groups excluding tert-OH is 1. The highest BCUT2D eigenvalue weighted by Crippen LogP contribution is 2.20. The molecule has 0 aliphatic rings. The van der Waals surface area contributed by atoms with Gasteiger partial charge in [-0.05, 0) is 25.3 Å². The predicted molar refractivity (Wildman–Crippen MR) is 86.5 cm³/mol. The topological polar surface area (TPSA) is 58.4 Å². The SMILES string of the molecule is CCN(C(=O)CCCC(O)c1ccccc1)c1cnn(C)c1.